The molecule has 0 aliphatic heterocycles. The number of carboxylic acids is 1. The first kappa shape index (κ1) is 28.6. The molecule has 5 rings (SSSR count). The van der Waals surface area contributed by atoms with Crippen molar-refractivity contribution in [3.05, 3.63) is 112 Å². The average molecular weight is 572 g/mol. The fraction of sp³-hybridized carbons (Fsp3) is 0.303. The van der Waals surface area contributed by atoms with Crippen molar-refractivity contribution in [3.8, 4) is 11.1 Å². The van der Waals surface area contributed by atoms with Gasteiger partial charge in [-0.15, -0.1) is 0 Å². The van der Waals surface area contributed by atoms with Crippen molar-refractivity contribution in [2.24, 2.45) is 0 Å². The van der Waals surface area contributed by atoms with E-state index in [1.807, 2.05) is 66.7 Å². The Hall–Kier alpha value is -3.94. The second kappa shape index (κ2) is 13.6. The summed E-state index contributed by atoms with van der Waals surface area (Å²) in [7, 11) is 0. The van der Waals surface area contributed by atoms with Gasteiger partial charge in [0.1, 0.15) is 6.54 Å². The summed E-state index contributed by atoms with van der Waals surface area (Å²) in [6.07, 6.45) is 4.95. The van der Waals surface area contributed by atoms with Crippen LogP contribution in [0, 0.1) is 0 Å². The summed E-state index contributed by atoms with van der Waals surface area (Å²) in [5, 5.41) is 17.7. The highest BCUT2D eigenvalue weighted by atomic mass is 35.5. The SMILES string of the molecule is O=C(Cn1nc(C(=O)O)cc1CCc1ccccc1-c1ccc(Cl)cc1)N[C@H]1CCCC[C@@H]1OCc1ccccc1. The maximum Gasteiger partial charge on any atom is 0.356 e. The first-order valence-electron chi connectivity index (χ1n) is 14.0. The lowest BCUT2D eigenvalue weighted by Gasteiger charge is -2.32. The number of carbonyl (C=O) groups is 2. The molecule has 0 radical (unpaired) electrons. The number of nitrogens with one attached hydrogen (secondary N) is 1. The molecule has 2 N–H and O–H groups in total. The molecule has 0 spiro atoms. The van der Waals surface area contributed by atoms with E-state index in [9.17, 15) is 14.7 Å². The zero-order chi connectivity index (χ0) is 28.6. The topological polar surface area (TPSA) is 93.5 Å². The van der Waals surface area contributed by atoms with Gasteiger partial charge in [-0.1, -0.05) is 91.2 Å². The van der Waals surface area contributed by atoms with Crippen LogP contribution in [0.5, 0.6) is 0 Å². The van der Waals surface area contributed by atoms with Gasteiger partial charge in [0.15, 0.2) is 5.69 Å². The zero-order valence-corrected chi connectivity index (χ0v) is 23.6. The Labute approximate surface area is 245 Å². The molecule has 2 atom stereocenters. The number of carbonyl (C=O) groups excluding carboxylic acids is 1. The van der Waals surface area contributed by atoms with Crippen molar-refractivity contribution in [3.63, 3.8) is 0 Å². The van der Waals surface area contributed by atoms with E-state index in [-0.39, 0.29) is 30.3 Å². The number of rotatable bonds is 11. The molecule has 0 bridgehead atoms. The molecule has 1 amide bonds. The standard InChI is InChI=1S/C33H34ClN3O4/c34-26-17-14-25(15-18-26)28-11-5-4-10-24(28)16-19-27-20-30(33(39)40)36-37(27)21-32(38)35-29-12-6-7-13-31(29)41-22-23-8-2-1-3-9-23/h1-5,8-11,14-15,17-18,20,29,31H,6-7,12-13,16,19,21-22H2,(H,35,38)(H,39,40)/t29-,31-/m0/s1. The van der Waals surface area contributed by atoms with Gasteiger partial charge < -0.3 is 15.2 Å². The van der Waals surface area contributed by atoms with Crippen LogP contribution in [0.4, 0.5) is 0 Å². The van der Waals surface area contributed by atoms with Crippen molar-refractivity contribution in [2.75, 3.05) is 0 Å². The largest absolute Gasteiger partial charge is 0.476 e. The fourth-order valence-electron chi connectivity index (χ4n) is 5.44. The number of aromatic carboxylic acids is 1. The lowest BCUT2D eigenvalue weighted by Crippen LogP contribution is -2.47. The van der Waals surface area contributed by atoms with Crippen molar-refractivity contribution in [1.82, 2.24) is 15.1 Å². The van der Waals surface area contributed by atoms with Gasteiger partial charge in [0.2, 0.25) is 5.91 Å². The number of halogens is 1. The van der Waals surface area contributed by atoms with E-state index in [1.54, 1.807) is 6.07 Å². The molecule has 1 fully saturated rings. The van der Waals surface area contributed by atoms with E-state index in [4.69, 9.17) is 16.3 Å². The van der Waals surface area contributed by atoms with Gasteiger partial charge in [-0.2, -0.15) is 5.10 Å². The van der Waals surface area contributed by atoms with Crippen LogP contribution in [0.15, 0.2) is 84.9 Å². The van der Waals surface area contributed by atoms with Crippen LogP contribution < -0.4 is 5.32 Å². The van der Waals surface area contributed by atoms with Gasteiger partial charge in [0.25, 0.3) is 0 Å². The molecule has 1 aliphatic rings. The van der Waals surface area contributed by atoms with Gasteiger partial charge in [0, 0.05) is 10.7 Å². The first-order valence-corrected chi connectivity index (χ1v) is 14.4. The lowest BCUT2D eigenvalue weighted by molar-refractivity contribution is -0.124. The molecular formula is C33H34ClN3O4. The molecule has 7 nitrogen and oxygen atoms in total. The highest BCUT2D eigenvalue weighted by Crippen LogP contribution is 2.27. The van der Waals surface area contributed by atoms with E-state index in [0.717, 1.165) is 47.9 Å². The summed E-state index contributed by atoms with van der Waals surface area (Å²) in [5.41, 5.74) is 4.99. The molecule has 1 aromatic heterocycles. The number of ether oxygens (including phenoxy) is 1. The maximum absolute atomic E-state index is 13.2. The van der Waals surface area contributed by atoms with Crippen molar-refractivity contribution < 1.29 is 19.4 Å². The van der Waals surface area contributed by atoms with Crippen LogP contribution in [0.25, 0.3) is 11.1 Å². The Morgan fingerprint density at radius 3 is 2.46 bits per heavy atom. The zero-order valence-electron chi connectivity index (χ0n) is 22.8. The van der Waals surface area contributed by atoms with Crippen LogP contribution in [-0.2, 0) is 35.5 Å². The Morgan fingerprint density at radius 1 is 0.951 bits per heavy atom. The molecule has 1 heterocycles. The summed E-state index contributed by atoms with van der Waals surface area (Å²) >= 11 is 6.08. The third kappa shape index (κ3) is 7.63. The quantitative estimate of drug-likeness (QED) is 0.219. The van der Waals surface area contributed by atoms with E-state index in [1.165, 1.54) is 4.68 Å². The van der Waals surface area contributed by atoms with Crippen LogP contribution in [-0.4, -0.2) is 38.9 Å². The van der Waals surface area contributed by atoms with Crippen LogP contribution >= 0.6 is 11.6 Å². The number of aryl methyl sites for hydroxylation is 2. The van der Waals surface area contributed by atoms with E-state index in [0.29, 0.717) is 30.2 Å². The predicted octanol–water partition coefficient (Wildman–Crippen LogP) is 6.33. The van der Waals surface area contributed by atoms with Gasteiger partial charge in [-0.3, -0.25) is 9.48 Å². The minimum atomic E-state index is -1.12. The second-order valence-corrected chi connectivity index (χ2v) is 10.9. The molecule has 1 aliphatic carbocycles. The fourth-order valence-corrected chi connectivity index (χ4v) is 5.56. The Bertz CT molecular complexity index is 1470. The third-order valence-corrected chi connectivity index (χ3v) is 7.81. The smallest absolute Gasteiger partial charge is 0.356 e. The summed E-state index contributed by atoms with van der Waals surface area (Å²) in [6, 6.07) is 27.3. The van der Waals surface area contributed by atoms with E-state index >= 15 is 0 Å². The summed E-state index contributed by atoms with van der Waals surface area (Å²) in [6.45, 7) is 0.448. The number of benzene rings is 3. The number of hydrogen-bond acceptors (Lipinski definition) is 4. The number of amides is 1. The highest BCUT2D eigenvalue weighted by molar-refractivity contribution is 6.30. The predicted molar refractivity (Wildman–Crippen MR) is 159 cm³/mol. The molecule has 0 unspecified atom stereocenters. The third-order valence-electron chi connectivity index (χ3n) is 7.55. The van der Waals surface area contributed by atoms with Gasteiger partial charge in [-0.05, 0) is 66.1 Å². The average Bonchev–Trinajstić information content (AvgIpc) is 3.39. The summed E-state index contributed by atoms with van der Waals surface area (Å²) in [4.78, 5) is 24.9. The summed E-state index contributed by atoms with van der Waals surface area (Å²) < 4.78 is 7.73. The summed E-state index contributed by atoms with van der Waals surface area (Å²) in [5.74, 6) is -1.32. The molecule has 3 aromatic carbocycles. The molecule has 8 heteroatoms. The number of hydrogen-bond donors (Lipinski definition) is 2. The Morgan fingerprint density at radius 2 is 1.68 bits per heavy atom. The Balaban J connectivity index is 1.26. The monoisotopic (exact) mass is 571 g/mol. The number of carboxylic acid groups (broad SMARTS) is 1. The van der Waals surface area contributed by atoms with Crippen LogP contribution in [0.1, 0.15) is 53.0 Å². The lowest BCUT2D eigenvalue weighted by atomic mass is 9.92. The molecular weight excluding hydrogens is 538 g/mol. The molecule has 41 heavy (non-hydrogen) atoms. The highest BCUT2D eigenvalue weighted by Gasteiger charge is 2.28. The van der Waals surface area contributed by atoms with E-state index in [2.05, 4.69) is 22.5 Å². The maximum atomic E-state index is 13.2. The molecule has 1 saturated carbocycles. The van der Waals surface area contributed by atoms with Gasteiger partial charge >= 0.3 is 5.97 Å². The van der Waals surface area contributed by atoms with Crippen molar-refractivity contribution in [1.29, 1.82) is 0 Å². The van der Waals surface area contributed by atoms with E-state index < -0.39 is 5.97 Å². The first-order chi connectivity index (χ1) is 20.0. The second-order valence-electron chi connectivity index (χ2n) is 10.4. The van der Waals surface area contributed by atoms with Crippen molar-refractivity contribution >= 4 is 23.5 Å². The van der Waals surface area contributed by atoms with Crippen LogP contribution in [0.2, 0.25) is 5.02 Å². The minimum Gasteiger partial charge on any atom is -0.476 e. The van der Waals surface area contributed by atoms with Gasteiger partial charge in [0.05, 0.1) is 18.8 Å². The van der Waals surface area contributed by atoms with Crippen molar-refractivity contribution in [2.45, 2.75) is 63.8 Å². The number of nitrogens with zero attached hydrogens (tertiary/aromatic N) is 2. The Kier molecular flexibility index (Phi) is 9.49. The molecule has 212 valence electrons. The minimum absolute atomic E-state index is 0.0522. The number of aromatic nitrogens is 2. The normalized spacial score (nSPS) is 16.8. The van der Waals surface area contributed by atoms with Gasteiger partial charge in [-0.25, -0.2) is 4.79 Å². The van der Waals surface area contributed by atoms with Crippen LogP contribution in [0.3, 0.4) is 0 Å². The molecule has 4 aromatic rings. The molecule has 0 saturated heterocycles.